The van der Waals surface area contributed by atoms with Crippen LogP contribution in [0.25, 0.3) is 0 Å². The summed E-state index contributed by atoms with van der Waals surface area (Å²) in [7, 11) is 3.88. The van der Waals surface area contributed by atoms with Crippen LogP contribution in [-0.2, 0) is 11.2 Å². The lowest BCUT2D eigenvalue weighted by Crippen LogP contribution is -2.41. The first-order valence-corrected chi connectivity index (χ1v) is 6.83. The van der Waals surface area contributed by atoms with Gasteiger partial charge < -0.3 is 15.3 Å². The van der Waals surface area contributed by atoms with Gasteiger partial charge in [0.2, 0.25) is 5.91 Å². The topological polar surface area (TPSA) is 52.6 Å². The molecule has 0 aliphatic heterocycles. The van der Waals surface area contributed by atoms with E-state index in [-0.39, 0.29) is 11.9 Å². The van der Waals surface area contributed by atoms with E-state index in [2.05, 4.69) is 5.32 Å². The largest absolute Gasteiger partial charge is 0.391 e. The smallest absolute Gasteiger partial charge is 0.244 e. The molecular weight excluding hydrogens is 252 g/mol. The number of nitrogens with one attached hydrogen (secondary N) is 1. The van der Waals surface area contributed by atoms with Gasteiger partial charge in [0.25, 0.3) is 0 Å². The Morgan fingerprint density at radius 2 is 2.00 bits per heavy atom. The number of amides is 1. The van der Waals surface area contributed by atoms with Crippen LogP contribution in [0.3, 0.4) is 0 Å². The van der Waals surface area contributed by atoms with Crippen LogP contribution in [0, 0.1) is 0 Å². The minimum atomic E-state index is -0.594. The first-order valence-electron chi connectivity index (χ1n) is 6.83. The number of aliphatic hydroxyl groups is 1. The van der Waals surface area contributed by atoms with E-state index in [0.717, 1.165) is 5.56 Å². The van der Waals surface area contributed by atoms with E-state index in [9.17, 15) is 9.90 Å². The van der Waals surface area contributed by atoms with Crippen molar-refractivity contribution in [3.05, 3.63) is 48.0 Å². The number of hydrogen-bond acceptors (Lipinski definition) is 3. The minimum Gasteiger partial charge on any atom is -0.391 e. The number of nitrogens with zero attached hydrogens (tertiary/aromatic N) is 1. The molecule has 0 bridgehead atoms. The second-order valence-electron chi connectivity index (χ2n) is 5.22. The summed E-state index contributed by atoms with van der Waals surface area (Å²) in [5.41, 5.74) is 1.06. The summed E-state index contributed by atoms with van der Waals surface area (Å²) in [6.07, 6.45) is 3.24. The van der Waals surface area contributed by atoms with Crippen molar-refractivity contribution >= 4 is 5.91 Å². The second-order valence-corrected chi connectivity index (χ2v) is 5.22. The van der Waals surface area contributed by atoms with E-state index in [4.69, 9.17) is 0 Å². The van der Waals surface area contributed by atoms with Crippen LogP contribution >= 0.6 is 0 Å². The zero-order chi connectivity index (χ0) is 15.0. The highest BCUT2D eigenvalue weighted by molar-refractivity contribution is 5.87. The highest BCUT2D eigenvalue weighted by Gasteiger charge is 2.15. The van der Waals surface area contributed by atoms with Gasteiger partial charge in [0.1, 0.15) is 0 Å². The van der Waals surface area contributed by atoms with E-state index in [0.29, 0.717) is 13.0 Å². The first kappa shape index (κ1) is 16.4. The van der Waals surface area contributed by atoms with Crippen molar-refractivity contribution < 1.29 is 9.90 Å². The summed E-state index contributed by atoms with van der Waals surface area (Å²) in [6.45, 7) is 2.53. The third kappa shape index (κ3) is 6.50. The van der Waals surface area contributed by atoms with Gasteiger partial charge in [0, 0.05) is 19.0 Å². The normalized spacial score (nSPS) is 14.4. The van der Waals surface area contributed by atoms with Crippen molar-refractivity contribution in [2.24, 2.45) is 0 Å². The number of hydrogen-bond donors (Lipinski definition) is 2. The van der Waals surface area contributed by atoms with Crippen LogP contribution in [0.4, 0.5) is 0 Å². The molecule has 0 aliphatic carbocycles. The predicted molar refractivity (Wildman–Crippen MR) is 81.5 cm³/mol. The fourth-order valence-corrected chi connectivity index (χ4v) is 1.77. The SMILES string of the molecule is CC(NC(=O)/C=C/CN(C)C)C(O)Cc1ccccc1. The first-order chi connectivity index (χ1) is 9.49. The Balaban J connectivity index is 2.39. The average molecular weight is 276 g/mol. The number of aliphatic hydroxyl groups excluding tert-OH is 1. The molecule has 110 valence electrons. The number of likely N-dealkylation sites (N-methyl/N-ethyl adjacent to an activating group) is 1. The molecule has 2 atom stereocenters. The van der Waals surface area contributed by atoms with Gasteiger partial charge in [-0.2, -0.15) is 0 Å². The summed E-state index contributed by atoms with van der Waals surface area (Å²) >= 11 is 0. The Morgan fingerprint density at radius 3 is 2.60 bits per heavy atom. The lowest BCUT2D eigenvalue weighted by atomic mass is 10.0. The van der Waals surface area contributed by atoms with Crippen molar-refractivity contribution in [3.63, 3.8) is 0 Å². The predicted octanol–water partition coefficient (Wildman–Crippen LogP) is 1.21. The van der Waals surface area contributed by atoms with Crippen molar-refractivity contribution in [1.82, 2.24) is 10.2 Å². The second kappa shape index (κ2) is 8.51. The maximum atomic E-state index is 11.7. The molecule has 0 fully saturated rings. The molecule has 0 heterocycles. The van der Waals surface area contributed by atoms with Crippen molar-refractivity contribution in [3.8, 4) is 0 Å². The maximum absolute atomic E-state index is 11.7. The van der Waals surface area contributed by atoms with Crippen LogP contribution < -0.4 is 5.32 Å². The van der Waals surface area contributed by atoms with Crippen LogP contribution in [-0.4, -0.2) is 48.7 Å². The Bertz CT molecular complexity index is 429. The highest BCUT2D eigenvalue weighted by Crippen LogP contribution is 2.05. The summed E-state index contributed by atoms with van der Waals surface area (Å²) in [6, 6.07) is 9.47. The quantitative estimate of drug-likeness (QED) is 0.736. The minimum absolute atomic E-state index is 0.175. The van der Waals surface area contributed by atoms with E-state index < -0.39 is 6.10 Å². The van der Waals surface area contributed by atoms with E-state index in [1.165, 1.54) is 6.08 Å². The van der Waals surface area contributed by atoms with E-state index in [1.807, 2.05) is 56.3 Å². The molecule has 1 amide bonds. The molecule has 0 aromatic heterocycles. The van der Waals surface area contributed by atoms with Crippen LogP contribution in [0.1, 0.15) is 12.5 Å². The molecule has 20 heavy (non-hydrogen) atoms. The third-order valence-electron chi connectivity index (χ3n) is 2.97. The van der Waals surface area contributed by atoms with Gasteiger partial charge in [0.15, 0.2) is 0 Å². The summed E-state index contributed by atoms with van der Waals surface area (Å²) in [5, 5.41) is 12.9. The van der Waals surface area contributed by atoms with Gasteiger partial charge in [-0.15, -0.1) is 0 Å². The molecule has 2 unspecified atom stereocenters. The summed E-state index contributed by atoms with van der Waals surface area (Å²) in [4.78, 5) is 13.6. The summed E-state index contributed by atoms with van der Waals surface area (Å²) in [5.74, 6) is -0.175. The zero-order valence-electron chi connectivity index (χ0n) is 12.4. The molecule has 1 rings (SSSR count). The van der Waals surface area contributed by atoms with Crippen molar-refractivity contribution in [1.29, 1.82) is 0 Å². The number of benzene rings is 1. The monoisotopic (exact) mass is 276 g/mol. The third-order valence-corrected chi connectivity index (χ3v) is 2.97. The molecule has 0 saturated heterocycles. The number of carbonyl (C=O) groups excluding carboxylic acids is 1. The lowest BCUT2D eigenvalue weighted by molar-refractivity contribution is -0.117. The fraction of sp³-hybridized carbons (Fsp3) is 0.438. The number of carbonyl (C=O) groups is 1. The van der Waals surface area contributed by atoms with Crippen LogP contribution in [0.2, 0.25) is 0 Å². The van der Waals surface area contributed by atoms with Gasteiger partial charge in [-0.3, -0.25) is 4.79 Å². The molecule has 2 N–H and O–H groups in total. The van der Waals surface area contributed by atoms with Gasteiger partial charge in [-0.05, 0) is 26.6 Å². The fourth-order valence-electron chi connectivity index (χ4n) is 1.77. The Kier molecular flexibility index (Phi) is 6.98. The summed E-state index contributed by atoms with van der Waals surface area (Å²) < 4.78 is 0. The zero-order valence-corrected chi connectivity index (χ0v) is 12.4. The molecule has 4 nitrogen and oxygen atoms in total. The molecule has 0 aliphatic rings. The Labute approximate surface area is 121 Å². The molecule has 0 saturated carbocycles. The molecule has 0 spiro atoms. The average Bonchev–Trinajstić information content (AvgIpc) is 2.39. The van der Waals surface area contributed by atoms with E-state index >= 15 is 0 Å². The van der Waals surface area contributed by atoms with Gasteiger partial charge in [-0.1, -0.05) is 36.4 Å². The van der Waals surface area contributed by atoms with Crippen LogP contribution in [0.15, 0.2) is 42.5 Å². The van der Waals surface area contributed by atoms with Crippen molar-refractivity contribution in [2.75, 3.05) is 20.6 Å². The molecule has 1 aromatic carbocycles. The Morgan fingerprint density at radius 1 is 1.35 bits per heavy atom. The molecule has 1 aromatic rings. The standard InChI is InChI=1S/C16H24N2O2/c1-13(17-16(20)10-7-11-18(2)3)15(19)12-14-8-5-4-6-9-14/h4-10,13,15,19H,11-12H2,1-3H3,(H,17,20)/b10-7+. The highest BCUT2D eigenvalue weighted by atomic mass is 16.3. The molecule has 0 radical (unpaired) electrons. The maximum Gasteiger partial charge on any atom is 0.244 e. The molecule has 4 heteroatoms. The van der Waals surface area contributed by atoms with Gasteiger partial charge in [0.05, 0.1) is 12.1 Å². The van der Waals surface area contributed by atoms with Crippen LogP contribution in [0.5, 0.6) is 0 Å². The Hall–Kier alpha value is -1.65. The van der Waals surface area contributed by atoms with Crippen molar-refractivity contribution in [2.45, 2.75) is 25.5 Å². The van der Waals surface area contributed by atoms with Gasteiger partial charge in [-0.25, -0.2) is 0 Å². The lowest BCUT2D eigenvalue weighted by Gasteiger charge is -2.19. The molecular formula is C16H24N2O2. The van der Waals surface area contributed by atoms with E-state index in [1.54, 1.807) is 6.08 Å². The van der Waals surface area contributed by atoms with Gasteiger partial charge >= 0.3 is 0 Å². The number of rotatable bonds is 7.